The van der Waals surface area contributed by atoms with Gasteiger partial charge in [-0.05, 0) is 6.07 Å². The molecule has 0 aliphatic carbocycles. The fourth-order valence-corrected chi connectivity index (χ4v) is 2.57. The quantitative estimate of drug-likeness (QED) is 0.822. The van der Waals surface area contributed by atoms with E-state index >= 15 is 0 Å². The van der Waals surface area contributed by atoms with Crippen molar-refractivity contribution >= 4 is 10.9 Å². The number of nitrogens with one attached hydrogen (secondary N) is 2. The molecular weight excluding hydrogens is 284 g/mol. The lowest BCUT2D eigenvalue weighted by Crippen LogP contribution is -2.44. The van der Waals surface area contributed by atoms with Crippen molar-refractivity contribution in [1.29, 1.82) is 0 Å². The Kier molecular flexibility index (Phi) is 4.55. The van der Waals surface area contributed by atoms with E-state index in [2.05, 4.69) is 20.2 Å². The molecule has 2 N–H and O–H groups in total. The zero-order chi connectivity index (χ0) is 15.4. The Labute approximate surface area is 128 Å². The molecular formula is C15H20N4O3. The molecule has 1 aromatic carbocycles. The van der Waals surface area contributed by atoms with E-state index in [0.717, 1.165) is 32.7 Å². The third-order valence-corrected chi connectivity index (χ3v) is 3.80. The minimum Gasteiger partial charge on any atom is -0.493 e. The summed E-state index contributed by atoms with van der Waals surface area (Å²) in [6, 6.07) is 3.42. The second kappa shape index (κ2) is 6.76. The predicted octanol–water partition coefficient (Wildman–Crippen LogP) is 0.216. The number of benzene rings is 1. The van der Waals surface area contributed by atoms with Crippen LogP contribution < -0.4 is 20.3 Å². The molecule has 1 aliphatic heterocycles. The molecule has 0 unspecified atom stereocenters. The van der Waals surface area contributed by atoms with E-state index in [4.69, 9.17) is 9.47 Å². The molecule has 1 aromatic heterocycles. The molecule has 0 bridgehead atoms. The summed E-state index contributed by atoms with van der Waals surface area (Å²) in [7, 11) is 1.56. The van der Waals surface area contributed by atoms with E-state index in [-0.39, 0.29) is 5.56 Å². The summed E-state index contributed by atoms with van der Waals surface area (Å²) in [5.41, 5.74) is 0.414. The Balaban J connectivity index is 1.73. The molecule has 22 heavy (non-hydrogen) atoms. The first-order chi connectivity index (χ1) is 10.8. The van der Waals surface area contributed by atoms with Crippen LogP contribution in [0, 0.1) is 0 Å². The number of H-pyrrole nitrogens is 1. The Morgan fingerprint density at radius 3 is 2.86 bits per heavy atom. The van der Waals surface area contributed by atoms with Crippen molar-refractivity contribution < 1.29 is 9.47 Å². The van der Waals surface area contributed by atoms with Gasteiger partial charge in [-0.3, -0.25) is 9.69 Å². The highest BCUT2D eigenvalue weighted by Gasteiger charge is 2.12. The van der Waals surface area contributed by atoms with Gasteiger partial charge in [-0.15, -0.1) is 0 Å². The zero-order valence-electron chi connectivity index (χ0n) is 12.6. The van der Waals surface area contributed by atoms with Gasteiger partial charge in [0.15, 0.2) is 11.5 Å². The molecule has 1 fully saturated rings. The first-order valence-corrected chi connectivity index (χ1v) is 7.39. The summed E-state index contributed by atoms with van der Waals surface area (Å²) in [6.07, 6.45) is 1.39. The van der Waals surface area contributed by atoms with Gasteiger partial charge in [-0.25, -0.2) is 4.98 Å². The molecule has 2 aromatic rings. The highest BCUT2D eigenvalue weighted by atomic mass is 16.5. The van der Waals surface area contributed by atoms with Gasteiger partial charge in [0.2, 0.25) is 0 Å². The first kappa shape index (κ1) is 14.8. The molecule has 3 rings (SSSR count). The molecule has 1 saturated heterocycles. The summed E-state index contributed by atoms with van der Waals surface area (Å²) >= 11 is 0. The largest absolute Gasteiger partial charge is 0.493 e. The van der Waals surface area contributed by atoms with Gasteiger partial charge in [0, 0.05) is 38.8 Å². The molecule has 7 heteroatoms. The first-order valence-electron chi connectivity index (χ1n) is 7.39. The number of hydrogen-bond acceptors (Lipinski definition) is 6. The van der Waals surface area contributed by atoms with Crippen molar-refractivity contribution in [3.63, 3.8) is 0 Å². The van der Waals surface area contributed by atoms with Crippen molar-refractivity contribution in [2.45, 2.75) is 0 Å². The van der Waals surface area contributed by atoms with Gasteiger partial charge in [-0.1, -0.05) is 0 Å². The van der Waals surface area contributed by atoms with Crippen LogP contribution in [0.5, 0.6) is 11.5 Å². The number of fused-ring (bicyclic) bond motifs is 1. The van der Waals surface area contributed by atoms with E-state index in [0.29, 0.717) is 29.0 Å². The van der Waals surface area contributed by atoms with Crippen molar-refractivity contribution in [3.05, 3.63) is 28.8 Å². The van der Waals surface area contributed by atoms with Gasteiger partial charge >= 0.3 is 0 Å². The number of piperazine rings is 1. The lowest BCUT2D eigenvalue weighted by atomic mass is 10.2. The Bertz CT molecular complexity index is 695. The van der Waals surface area contributed by atoms with Crippen molar-refractivity contribution in [2.75, 3.05) is 46.4 Å². The number of aromatic nitrogens is 2. The second-order valence-corrected chi connectivity index (χ2v) is 5.19. The third-order valence-electron chi connectivity index (χ3n) is 3.80. The van der Waals surface area contributed by atoms with Crippen LogP contribution >= 0.6 is 0 Å². The Hall–Kier alpha value is -2.12. The summed E-state index contributed by atoms with van der Waals surface area (Å²) in [4.78, 5) is 20.9. The van der Waals surface area contributed by atoms with Crippen LogP contribution in [0.1, 0.15) is 0 Å². The van der Waals surface area contributed by atoms with Crippen molar-refractivity contribution in [3.8, 4) is 11.5 Å². The highest BCUT2D eigenvalue weighted by Crippen LogP contribution is 2.30. The van der Waals surface area contributed by atoms with Gasteiger partial charge in [0.1, 0.15) is 6.61 Å². The van der Waals surface area contributed by atoms with E-state index in [1.165, 1.54) is 6.33 Å². The van der Waals surface area contributed by atoms with Crippen LogP contribution in [0.3, 0.4) is 0 Å². The normalized spacial score (nSPS) is 15.9. The maximum atomic E-state index is 11.8. The van der Waals surface area contributed by atoms with Crippen LogP contribution in [0.2, 0.25) is 0 Å². The van der Waals surface area contributed by atoms with Crippen LogP contribution in [0.4, 0.5) is 0 Å². The Morgan fingerprint density at radius 1 is 1.27 bits per heavy atom. The minimum absolute atomic E-state index is 0.185. The molecule has 7 nitrogen and oxygen atoms in total. The maximum absolute atomic E-state index is 11.8. The average Bonchev–Trinajstić information content (AvgIpc) is 2.55. The number of aromatic amines is 1. The summed E-state index contributed by atoms with van der Waals surface area (Å²) in [6.45, 7) is 5.55. The summed E-state index contributed by atoms with van der Waals surface area (Å²) in [5.74, 6) is 1.16. The lowest BCUT2D eigenvalue weighted by Gasteiger charge is -2.27. The fraction of sp³-hybridized carbons (Fsp3) is 0.467. The van der Waals surface area contributed by atoms with E-state index in [1.807, 2.05) is 0 Å². The molecule has 0 amide bonds. The van der Waals surface area contributed by atoms with Gasteiger partial charge in [-0.2, -0.15) is 0 Å². The number of nitrogens with zero attached hydrogens (tertiary/aromatic N) is 2. The van der Waals surface area contributed by atoms with E-state index in [9.17, 15) is 4.79 Å². The number of hydrogen-bond donors (Lipinski definition) is 2. The van der Waals surface area contributed by atoms with Crippen molar-refractivity contribution in [1.82, 2.24) is 20.2 Å². The molecule has 0 radical (unpaired) electrons. The Morgan fingerprint density at radius 2 is 2.09 bits per heavy atom. The van der Waals surface area contributed by atoms with Gasteiger partial charge < -0.3 is 19.8 Å². The number of methoxy groups -OCH3 is 1. The molecule has 118 valence electrons. The third kappa shape index (κ3) is 3.20. The monoisotopic (exact) mass is 304 g/mol. The van der Waals surface area contributed by atoms with E-state index < -0.39 is 0 Å². The zero-order valence-corrected chi connectivity index (χ0v) is 12.6. The number of rotatable bonds is 5. The topological polar surface area (TPSA) is 79.5 Å². The summed E-state index contributed by atoms with van der Waals surface area (Å²) in [5, 5.41) is 3.82. The molecule has 1 aliphatic rings. The van der Waals surface area contributed by atoms with Crippen LogP contribution in [-0.4, -0.2) is 61.3 Å². The number of ether oxygens (including phenoxy) is 2. The summed E-state index contributed by atoms with van der Waals surface area (Å²) < 4.78 is 11.2. The highest BCUT2D eigenvalue weighted by molar-refractivity contribution is 5.81. The van der Waals surface area contributed by atoms with Gasteiger partial charge in [0.25, 0.3) is 5.56 Å². The molecule has 0 saturated carbocycles. The fourth-order valence-electron chi connectivity index (χ4n) is 2.57. The van der Waals surface area contributed by atoms with E-state index in [1.54, 1.807) is 19.2 Å². The van der Waals surface area contributed by atoms with Crippen molar-refractivity contribution in [2.24, 2.45) is 0 Å². The molecule has 2 heterocycles. The SMILES string of the molecule is COc1cc2c(=O)[nH]cnc2cc1OCCN1CCNCC1. The predicted molar refractivity (Wildman–Crippen MR) is 83.7 cm³/mol. The average molecular weight is 304 g/mol. The van der Waals surface area contributed by atoms with Crippen LogP contribution in [0.15, 0.2) is 23.3 Å². The maximum Gasteiger partial charge on any atom is 0.258 e. The van der Waals surface area contributed by atoms with Crippen LogP contribution in [-0.2, 0) is 0 Å². The van der Waals surface area contributed by atoms with Gasteiger partial charge in [0.05, 0.1) is 24.3 Å². The smallest absolute Gasteiger partial charge is 0.258 e. The lowest BCUT2D eigenvalue weighted by molar-refractivity contribution is 0.188. The molecule has 0 spiro atoms. The van der Waals surface area contributed by atoms with Crippen LogP contribution in [0.25, 0.3) is 10.9 Å². The molecule has 0 atom stereocenters. The minimum atomic E-state index is -0.185. The standard InChI is InChI=1S/C15H20N4O3/c1-21-13-8-11-12(17-10-18-15(11)20)9-14(13)22-7-6-19-4-2-16-3-5-19/h8-10,16H,2-7H2,1H3,(H,17,18,20). The second-order valence-electron chi connectivity index (χ2n) is 5.19.